The molecule has 1 N–H and O–H groups in total. The van der Waals surface area contributed by atoms with E-state index in [0.29, 0.717) is 0 Å². The van der Waals surface area contributed by atoms with Crippen molar-refractivity contribution < 1.29 is 13.2 Å². The largest absolute Gasteiger partial charge is 0.405 e. The average molecular weight is 153 g/mol. The lowest BCUT2D eigenvalue weighted by atomic mass is 10.2. The Hall–Kier alpha value is -0.290. The second-order valence-electron chi connectivity index (χ2n) is 2.24. The molecule has 1 rings (SSSR count). The number of alkyl halides is 3. The van der Waals surface area contributed by atoms with Crippen molar-refractivity contribution in [2.45, 2.75) is 18.6 Å². The molecule has 1 heterocycles. The number of nitrogens with one attached hydrogen (secondary N) is 1. The fourth-order valence-corrected chi connectivity index (χ4v) is 0.910. The molecule has 1 aliphatic rings. The molecule has 0 aromatic heterocycles. The number of halogens is 3. The topological polar surface area (TPSA) is 15.3 Å². The molecule has 1 fully saturated rings. The minimum absolute atomic E-state index is 0.0278. The normalized spacial score (nSPS) is 29.4. The molecule has 0 bridgehead atoms. The fraction of sp³-hybridized carbons (Fsp3) is 0.800. The van der Waals surface area contributed by atoms with E-state index >= 15 is 0 Å². The lowest BCUT2D eigenvalue weighted by Crippen LogP contribution is -2.42. The van der Waals surface area contributed by atoms with Gasteiger partial charge >= 0.3 is 6.18 Å². The Balaban J connectivity index is 2.55. The maximum atomic E-state index is 11.9. The first kappa shape index (κ1) is 7.81. The first-order valence-corrected chi connectivity index (χ1v) is 2.89. The highest BCUT2D eigenvalue weighted by molar-refractivity contribution is 4.86. The molecule has 1 unspecified atom stereocenters. The molecule has 0 aromatic rings. The van der Waals surface area contributed by atoms with Crippen LogP contribution in [0.4, 0.5) is 13.2 Å². The van der Waals surface area contributed by atoms with Crippen molar-refractivity contribution in [3.8, 4) is 0 Å². The van der Waals surface area contributed by atoms with Gasteiger partial charge in [0.15, 0.2) is 0 Å². The van der Waals surface area contributed by atoms with Crippen LogP contribution in [0.5, 0.6) is 0 Å². The quantitative estimate of drug-likeness (QED) is 0.556. The number of hydrazine groups is 1. The number of nitrogens with zero attached hydrogens (tertiary/aromatic N) is 1. The van der Waals surface area contributed by atoms with Crippen LogP contribution in [-0.4, -0.2) is 24.3 Å². The van der Waals surface area contributed by atoms with Crippen LogP contribution in [0.3, 0.4) is 0 Å². The Morgan fingerprint density at radius 3 is 2.40 bits per heavy atom. The summed E-state index contributed by atoms with van der Waals surface area (Å²) >= 11 is 0. The van der Waals surface area contributed by atoms with E-state index in [0.717, 1.165) is 5.01 Å². The van der Waals surface area contributed by atoms with Gasteiger partial charge in [0.05, 0.1) is 0 Å². The van der Waals surface area contributed by atoms with Gasteiger partial charge in [0.25, 0.3) is 0 Å². The summed E-state index contributed by atoms with van der Waals surface area (Å²) in [6.07, 6.45) is -4.09. The molecule has 0 aromatic carbocycles. The lowest BCUT2D eigenvalue weighted by molar-refractivity contribution is -0.176. The van der Waals surface area contributed by atoms with Crippen molar-refractivity contribution in [1.29, 1.82) is 0 Å². The van der Waals surface area contributed by atoms with E-state index in [1.54, 1.807) is 0 Å². The van der Waals surface area contributed by atoms with E-state index in [2.05, 4.69) is 5.43 Å². The van der Waals surface area contributed by atoms with E-state index in [9.17, 15) is 13.2 Å². The molecule has 1 atom stereocenters. The minimum atomic E-state index is -4.12. The van der Waals surface area contributed by atoms with Crippen molar-refractivity contribution in [1.82, 2.24) is 10.4 Å². The van der Waals surface area contributed by atoms with Gasteiger partial charge in [0.1, 0.15) is 6.04 Å². The summed E-state index contributed by atoms with van der Waals surface area (Å²) in [4.78, 5) is 0. The SMILES string of the molecule is CN1N[CH]CC1C(F)(F)F. The Labute approximate surface area is 57.0 Å². The molecule has 1 saturated heterocycles. The number of rotatable bonds is 0. The van der Waals surface area contributed by atoms with E-state index in [4.69, 9.17) is 0 Å². The van der Waals surface area contributed by atoms with Crippen molar-refractivity contribution in [2.24, 2.45) is 0 Å². The predicted octanol–water partition coefficient (Wildman–Crippen LogP) is 0.919. The molecule has 1 radical (unpaired) electrons. The van der Waals surface area contributed by atoms with Crippen LogP contribution in [0.2, 0.25) is 0 Å². The van der Waals surface area contributed by atoms with Gasteiger partial charge in [-0.15, -0.1) is 0 Å². The average Bonchev–Trinajstić information content (AvgIpc) is 2.11. The fourth-order valence-electron chi connectivity index (χ4n) is 0.910. The van der Waals surface area contributed by atoms with Crippen LogP contribution in [0, 0.1) is 6.54 Å². The zero-order valence-electron chi connectivity index (χ0n) is 5.44. The number of hydrogen-bond acceptors (Lipinski definition) is 2. The summed E-state index contributed by atoms with van der Waals surface area (Å²) in [6, 6.07) is -1.35. The van der Waals surface area contributed by atoms with Crippen LogP contribution in [0.15, 0.2) is 0 Å². The zero-order valence-corrected chi connectivity index (χ0v) is 5.44. The molecule has 0 amide bonds. The second kappa shape index (κ2) is 2.39. The highest BCUT2D eigenvalue weighted by Gasteiger charge is 2.44. The van der Waals surface area contributed by atoms with Gasteiger partial charge in [0, 0.05) is 13.6 Å². The van der Waals surface area contributed by atoms with E-state index in [1.807, 2.05) is 0 Å². The van der Waals surface area contributed by atoms with Gasteiger partial charge in [-0.2, -0.15) is 13.2 Å². The minimum Gasteiger partial charge on any atom is -0.250 e. The lowest BCUT2D eigenvalue weighted by Gasteiger charge is -2.21. The zero-order chi connectivity index (χ0) is 7.78. The third kappa shape index (κ3) is 1.41. The first-order chi connectivity index (χ1) is 4.52. The van der Waals surface area contributed by atoms with Gasteiger partial charge in [-0.25, -0.2) is 5.01 Å². The monoisotopic (exact) mass is 153 g/mol. The molecule has 2 nitrogen and oxygen atoms in total. The Morgan fingerprint density at radius 2 is 2.20 bits per heavy atom. The van der Waals surface area contributed by atoms with Crippen LogP contribution in [0.25, 0.3) is 0 Å². The summed E-state index contributed by atoms with van der Waals surface area (Å²) < 4.78 is 35.7. The molecule has 59 valence electrons. The Morgan fingerprint density at radius 1 is 1.60 bits per heavy atom. The summed E-state index contributed by atoms with van der Waals surface area (Å²) in [6.45, 7) is 1.40. The smallest absolute Gasteiger partial charge is 0.250 e. The molecule has 5 heteroatoms. The standard InChI is InChI=1S/C5H8F3N2/c1-10-4(2-3-9-10)5(6,7)8/h3-4,9H,2H2,1H3. The Kier molecular flexibility index (Phi) is 1.87. The summed E-state index contributed by atoms with van der Waals surface area (Å²) in [5.74, 6) is 0. The van der Waals surface area contributed by atoms with Crippen molar-refractivity contribution in [3.05, 3.63) is 6.54 Å². The van der Waals surface area contributed by atoms with Gasteiger partial charge < -0.3 is 0 Å². The molecule has 1 aliphatic heterocycles. The summed E-state index contributed by atoms with van der Waals surface area (Å²) in [5.41, 5.74) is 2.46. The maximum Gasteiger partial charge on any atom is 0.405 e. The molecule has 0 saturated carbocycles. The van der Waals surface area contributed by atoms with Crippen molar-refractivity contribution >= 4 is 0 Å². The van der Waals surface area contributed by atoms with Crippen molar-refractivity contribution in [3.63, 3.8) is 0 Å². The van der Waals surface area contributed by atoms with Gasteiger partial charge in [-0.05, 0) is 6.42 Å². The molecule has 0 spiro atoms. The summed E-state index contributed by atoms with van der Waals surface area (Å²) in [5, 5.41) is 1.06. The van der Waals surface area contributed by atoms with Gasteiger partial charge in [0.2, 0.25) is 0 Å². The van der Waals surface area contributed by atoms with E-state index < -0.39 is 12.2 Å². The van der Waals surface area contributed by atoms with Gasteiger partial charge in [-0.1, -0.05) is 0 Å². The Bertz CT molecular complexity index is 123. The molecule has 10 heavy (non-hydrogen) atoms. The molecular weight excluding hydrogens is 145 g/mol. The maximum absolute atomic E-state index is 11.9. The van der Waals surface area contributed by atoms with E-state index in [1.165, 1.54) is 13.6 Å². The van der Waals surface area contributed by atoms with Crippen LogP contribution in [0.1, 0.15) is 6.42 Å². The highest BCUT2D eigenvalue weighted by Crippen LogP contribution is 2.28. The number of hydrogen-bond donors (Lipinski definition) is 1. The van der Waals surface area contributed by atoms with Crippen LogP contribution in [-0.2, 0) is 0 Å². The van der Waals surface area contributed by atoms with Gasteiger partial charge in [-0.3, -0.25) is 5.43 Å². The molecule has 0 aliphatic carbocycles. The van der Waals surface area contributed by atoms with Crippen LogP contribution < -0.4 is 5.43 Å². The summed E-state index contributed by atoms with van der Waals surface area (Å²) in [7, 11) is 1.38. The third-order valence-corrected chi connectivity index (χ3v) is 1.48. The van der Waals surface area contributed by atoms with E-state index in [-0.39, 0.29) is 6.42 Å². The molecular formula is C5H8F3N2. The van der Waals surface area contributed by atoms with Crippen LogP contribution >= 0.6 is 0 Å². The van der Waals surface area contributed by atoms with Crippen molar-refractivity contribution in [2.75, 3.05) is 7.05 Å². The third-order valence-electron chi connectivity index (χ3n) is 1.48. The first-order valence-electron chi connectivity index (χ1n) is 2.89. The highest BCUT2D eigenvalue weighted by atomic mass is 19.4. The predicted molar refractivity (Wildman–Crippen MR) is 29.7 cm³/mol. The second-order valence-corrected chi connectivity index (χ2v) is 2.24.